The van der Waals surface area contributed by atoms with Crippen LogP contribution in [0.5, 0.6) is 0 Å². The van der Waals surface area contributed by atoms with Crippen LogP contribution in [0.2, 0.25) is 0 Å². The molecule has 0 saturated heterocycles. The van der Waals surface area contributed by atoms with Gasteiger partial charge in [0.05, 0.1) is 6.61 Å². The minimum Gasteiger partial charge on any atom is -0.395 e. The van der Waals surface area contributed by atoms with Crippen LogP contribution in [0.15, 0.2) is 24.3 Å². The quantitative estimate of drug-likeness (QED) is 0.757. The van der Waals surface area contributed by atoms with Gasteiger partial charge in [-0.25, -0.2) is 5.14 Å². The molecule has 0 aliphatic carbocycles. The molecule has 3 N–H and O–H groups in total. The van der Waals surface area contributed by atoms with Crippen molar-refractivity contribution in [1.29, 1.82) is 0 Å². The fourth-order valence-electron chi connectivity index (χ4n) is 1.32. The van der Waals surface area contributed by atoms with Gasteiger partial charge in [-0.2, -0.15) is 12.7 Å². The highest BCUT2D eigenvalue weighted by molar-refractivity contribution is 7.86. The lowest BCUT2D eigenvalue weighted by molar-refractivity contribution is 0.305. The maximum atomic E-state index is 11.1. The average molecular weight is 268 g/mol. The molecule has 0 unspecified atom stereocenters. The Labute approximate surface area is 107 Å². The summed E-state index contributed by atoms with van der Waals surface area (Å²) in [6.45, 7) is 0.176. The molecule has 0 aliphatic rings. The Kier molecular flexibility index (Phi) is 5.31. The lowest BCUT2D eigenvalue weighted by Gasteiger charge is -2.14. The van der Waals surface area contributed by atoms with Gasteiger partial charge in [0, 0.05) is 25.6 Å². The van der Waals surface area contributed by atoms with Crippen LogP contribution in [-0.2, 0) is 16.8 Å². The van der Waals surface area contributed by atoms with Crippen molar-refractivity contribution in [2.24, 2.45) is 5.14 Å². The molecule has 0 bridgehead atoms. The Morgan fingerprint density at radius 1 is 1.39 bits per heavy atom. The first-order valence-electron chi connectivity index (χ1n) is 5.37. The lowest BCUT2D eigenvalue weighted by Crippen LogP contribution is -2.32. The van der Waals surface area contributed by atoms with Crippen molar-refractivity contribution in [3.63, 3.8) is 0 Å². The molecule has 0 atom stereocenters. The van der Waals surface area contributed by atoms with Crippen LogP contribution < -0.4 is 5.14 Å². The van der Waals surface area contributed by atoms with Crippen LogP contribution in [0.1, 0.15) is 17.5 Å². The van der Waals surface area contributed by atoms with Crippen LogP contribution in [-0.4, -0.2) is 31.5 Å². The minimum absolute atomic E-state index is 0.00620. The topological polar surface area (TPSA) is 83.6 Å². The summed E-state index contributed by atoms with van der Waals surface area (Å²) in [7, 11) is -2.29. The zero-order valence-corrected chi connectivity index (χ0v) is 10.9. The lowest BCUT2D eigenvalue weighted by atomic mass is 10.1. The molecule has 1 aromatic carbocycles. The summed E-state index contributed by atoms with van der Waals surface area (Å²) >= 11 is 0. The smallest absolute Gasteiger partial charge is 0.276 e. The van der Waals surface area contributed by atoms with Gasteiger partial charge in [-0.05, 0) is 11.6 Å². The summed E-state index contributed by atoms with van der Waals surface area (Å²) in [5.74, 6) is 5.70. The summed E-state index contributed by atoms with van der Waals surface area (Å²) in [6, 6.07) is 7.23. The van der Waals surface area contributed by atoms with Gasteiger partial charge in [-0.3, -0.25) is 0 Å². The van der Waals surface area contributed by atoms with Crippen molar-refractivity contribution in [2.75, 3.05) is 13.7 Å². The summed E-state index contributed by atoms with van der Waals surface area (Å²) in [5.41, 5.74) is 1.51. The fraction of sp³-hybridized carbons (Fsp3) is 0.333. The number of benzene rings is 1. The first kappa shape index (κ1) is 14.7. The van der Waals surface area contributed by atoms with Crippen molar-refractivity contribution in [3.8, 4) is 11.8 Å². The number of nitrogens with zero attached hydrogens (tertiary/aromatic N) is 1. The van der Waals surface area contributed by atoms with Gasteiger partial charge < -0.3 is 5.11 Å². The van der Waals surface area contributed by atoms with E-state index >= 15 is 0 Å². The first-order chi connectivity index (χ1) is 8.45. The maximum absolute atomic E-state index is 11.1. The Morgan fingerprint density at radius 3 is 2.67 bits per heavy atom. The van der Waals surface area contributed by atoms with Crippen molar-refractivity contribution in [2.45, 2.75) is 13.0 Å². The van der Waals surface area contributed by atoms with E-state index in [1.807, 2.05) is 12.1 Å². The number of hydrogen-bond donors (Lipinski definition) is 2. The van der Waals surface area contributed by atoms with Crippen molar-refractivity contribution >= 4 is 10.2 Å². The summed E-state index contributed by atoms with van der Waals surface area (Å²) < 4.78 is 23.3. The van der Waals surface area contributed by atoms with E-state index in [0.717, 1.165) is 15.4 Å². The van der Waals surface area contributed by atoms with Gasteiger partial charge in [-0.15, -0.1) is 0 Å². The SMILES string of the molecule is CN(Cc1ccccc1C#CCCO)S(N)(=O)=O. The van der Waals surface area contributed by atoms with Crippen molar-refractivity contribution in [3.05, 3.63) is 35.4 Å². The van der Waals surface area contributed by atoms with E-state index in [1.54, 1.807) is 12.1 Å². The third-order valence-corrected chi connectivity index (χ3v) is 3.30. The number of aliphatic hydroxyl groups is 1. The van der Waals surface area contributed by atoms with Gasteiger partial charge >= 0.3 is 0 Å². The second-order valence-corrected chi connectivity index (χ2v) is 5.39. The summed E-state index contributed by atoms with van der Waals surface area (Å²) in [5, 5.41) is 13.7. The van der Waals surface area contributed by atoms with Gasteiger partial charge in [0.25, 0.3) is 10.2 Å². The number of aliphatic hydroxyl groups excluding tert-OH is 1. The van der Waals surface area contributed by atoms with Crippen LogP contribution in [0.25, 0.3) is 0 Å². The molecular weight excluding hydrogens is 252 g/mol. The zero-order valence-electron chi connectivity index (χ0n) is 10.1. The highest BCUT2D eigenvalue weighted by Gasteiger charge is 2.13. The van der Waals surface area contributed by atoms with E-state index in [4.69, 9.17) is 10.2 Å². The van der Waals surface area contributed by atoms with Crippen LogP contribution in [0.3, 0.4) is 0 Å². The predicted octanol–water partition coefficient (Wildman–Crippen LogP) is 0.0558. The van der Waals surface area contributed by atoms with Crippen molar-refractivity contribution < 1.29 is 13.5 Å². The largest absolute Gasteiger partial charge is 0.395 e. The molecule has 0 amide bonds. The normalized spacial score (nSPS) is 11.1. The monoisotopic (exact) mass is 268 g/mol. The van der Waals surface area contributed by atoms with E-state index in [2.05, 4.69) is 11.8 Å². The molecule has 0 spiro atoms. The highest BCUT2D eigenvalue weighted by atomic mass is 32.2. The fourth-order valence-corrected chi connectivity index (χ4v) is 1.64. The van der Waals surface area contributed by atoms with E-state index in [9.17, 15) is 8.42 Å². The maximum Gasteiger partial charge on any atom is 0.276 e. The number of hydrogen-bond acceptors (Lipinski definition) is 3. The van der Waals surface area contributed by atoms with E-state index in [1.165, 1.54) is 7.05 Å². The van der Waals surface area contributed by atoms with Crippen LogP contribution in [0.4, 0.5) is 0 Å². The van der Waals surface area contributed by atoms with Crippen LogP contribution in [0, 0.1) is 11.8 Å². The number of nitrogens with two attached hydrogens (primary N) is 1. The summed E-state index contributed by atoms with van der Waals surface area (Å²) in [4.78, 5) is 0. The standard InChI is InChI=1S/C12H16N2O3S/c1-14(18(13,16)17)10-12-8-3-2-6-11(12)7-4-5-9-15/h2-3,6,8,15H,5,9-10H2,1H3,(H2,13,16,17). The van der Waals surface area contributed by atoms with E-state index in [0.29, 0.717) is 6.42 Å². The Balaban J connectivity index is 2.94. The van der Waals surface area contributed by atoms with Gasteiger partial charge in [0.1, 0.15) is 0 Å². The van der Waals surface area contributed by atoms with Gasteiger partial charge in [0.15, 0.2) is 0 Å². The molecule has 0 aliphatic heterocycles. The molecule has 98 valence electrons. The predicted molar refractivity (Wildman–Crippen MR) is 69.6 cm³/mol. The molecule has 0 aromatic heterocycles. The second-order valence-electron chi connectivity index (χ2n) is 3.73. The third kappa shape index (κ3) is 4.47. The molecule has 0 heterocycles. The Morgan fingerprint density at radius 2 is 2.06 bits per heavy atom. The molecule has 1 rings (SSSR count). The zero-order chi connectivity index (χ0) is 13.6. The van der Waals surface area contributed by atoms with Crippen LogP contribution >= 0.6 is 0 Å². The Hall–Kier alpha value is -1.39. The van der Waals surface area contributed by atoms with E-state index < -0.39 is 10.2 Å². The van der Waals surface area contributed by atoms with E-state index in [-0.39, 0.29) is 13.2 Å². The molecular formula is C12H16N2O3S. The molecule has 18 heavy (non-hydrogen) atoms. The molecule has 1 aromatic rings. The minimum atomic E-state index is -3.70. The number of rotatable bonds is 4. The van der Waals surface area contributed by atoms with Gasteiger partial charge in [-0.1, -0.05) is 30.0 Å². The molecule has 6 heteroatoms. The summed E-state index contributed by atoms with van der Waals surface area (Å²) in [6.07, 6.45) is 0.388. The van der Waals surface area contributed by atoms with Crippen molar-refractivity contribution in [1.82, 2.24) is 4.31 Å². The Bertz CT molecular complexity index is 558. The van der Waals surface area contributed by atoms with Gasteiger partial charge in [0.2, 0.25) is 0 Å². The second kappa shape index (κ2) is 6.52. The highest BCUT2D eigenvalue weighted by Crippen LogP contribution is 2.10. The third-order valence-electron chi connectivity index (χ3n) is 2.30. The molecule has 0 saturated carbocycles. The average Bonchev–Trinajstić information content (AvgIpc) is 2.30. The molecule has 0 radical (unpaired) electrons. The molecule has 5 nitrogen and oxygen atoms in total. The molecule has 0 fully saturated rings. The first-order valence-corrected chi connectivity index (χ1v) is 6.87.